The van der Waals surface area contributed by atoms with E-state index in [-0.39, 0.29) is 17.7 Å². The van der Waals surface area contributed by atoms with Crippen molar-refractivity contribution in [1.29, 1.82) is 5.26 Å². The molecule has 3 rings (SSSR count). The van der Waals surface area contributed by atoms with E-state index in [9.17, 15) is 9.59 Å². The number of carbonyl (C=O) groups excluding carboxylic acids is 2. The van der Waals surface area contributed by atoms with Crippen molar-refractivity contribution in [2.45, 2.75) is 25.3 Å². The average molecular weight is 324 g/mol. The Balaban J connectivity index is 1.75. The lowest BCUT2D eigenvalue weighted by atomic mass is 10.0. The van der Waals surface area contributed by atoms with Gasteiger partial charge in [0.1, 0.15) is 10.9 Å². The molecule has 2 heterocycles. The highest BCUT2D eigenvalue weighted by Gasteiger charge is 2.32. The van der Waals surface area contributed by atoms with Gasteiger partial charge in [-0.05, 0) is 24.3 Å². The van der Waals surface area contributed by atoms with Crippen LogP contribution in [0.25, 0.3) is 0 Å². The predicted molar refractivity (Wildman–Crippen MR) is 88.5 cm³/mol. The molecular weight excluding hydrogens is 308 g/mol. The zero-order valence-electron chi connectivity index (χ0n) is 12.6. The molecule has 4 nitrogen and oxygen atoms in total. The predicted octanol–water partition coefficient (Wildman–Crippen LogP) is 3.50. The van der Waals surface area contributed by atoms with Crippen molar-refractivity contribution in [3.63, 3.8) is 0 Å². The molecule has 1 aliphatic rings. The molecule has 116 valence electrons. The van der Waals surface area contributed by atoms with Crippen LogP contribution in [0.5, 0.6) is 0 Å². The van der Waals surface area contributed by atoms with Crippen molar-refractivity contribution >= 4 is 23.0 Å². The Kier molecular flexibility index (Phi) is 4.54. The van der Waals surface area contributed by atoms with E-state index in [1.807, 2.05) is 18.2 Å². The molecule has 0 bridgehead atoms. The summed E-state index contributed by atoms with van der Waals surface area (Å²) in [5.41, 5.74) is 1.10. The molecule has 0 saturated carbocycles. The molecule has 1 aromatic carbocycles. The number of hydrogen-bond donors (Lipinski definition) is 0. The van der Waals surface area contributed by atoms with Crippen LogP contribution in [0, 0.1) is 11.3 Å². The summed E-state index contributed by atoms with van der Waals surface area (Å²) < 4.78 is 0. The van der Waals surface area contributed by atoms with Crippen LogP contribution in [0.15, 0.2) is 41.8 Å². The molecule has 0 N–H and O–H groups in total. The van der Waals surface area contributed by atoms with Crippen molar-refractivity contribution in [1.82, 2.24) is 4.90 Å². The first-order valence-corrected chi connectivity index (χ1v) is 8.45. The molecular formula is C18H16N2O2S. The van der Waals surface area contributed by atoms with E-state index >= 15 is 0 Å². The Morgan fingerprint density at radius 1 is 1.26 bits per heavy atom. The average Bonchev–Trinajstić information content (AvgIpc) is 3.24. The van der Waals surface area contributed by atoms with E-state index in [0.29, 0.717) is 29.0 Å². The molecule has 1 aromatic heterocycles. The summed E-state index contributed by atoms with van der Waals surface area (Å²) in [4.78, 5) is 27.3. The number of Topliss-reactive ketones (excluding diaryl/α,β-unsaturated/α-hetero) is 1. The largest absolute Gasteiger partial charge is 0.334 e. The maximum absolute atomic E-state index is 12.7. The SMILES string of the molecule is N#Cc1ccsc1C(=O)N1CCCC1CC(=O)c1ccccc1. The molecule has 1 amide bonds. The molecule has 1 aliphatic heterocycles. The smallest absolute Gasteiger partial charge is 0.265 e. The standard InChI is InChI=1S/C18H16N2O2S/c19-12-14-8-10-23-17(14)18(22)20-9-4-7-15(20)11-16(21)13-5-2-1-3-6-13/h1-3,5-6,8,10,15H,4,7,9,11H2. The molecule has 2 aromatic rings. The molecule has 5 heteroatoms. The van der Waals surface area contributed by atoms with Gasteiger partial charge in [0.15, 0.2) is 5.78 Å². The topological polar surface area (TPSA) is 61.2 Å². The first-order chi connectivity index (χ1) is 11.2. The monoisotopic (exact) mass is 324 g/mol. The molecule has 0 spiro atoms. The lowest BCUT2D eigenvalue weighted by Gasteiger charge is -2.24. The normalized spacial score (nSPS) is 17.0. The Bertz CT molecular complexity index is 761. The lowest BCUT2D eigenvalue weighted by molar-refractivity contribution is 0.0721. The number of carbonyl (C=O) groups is 2. The van der Waals surface area contributed by atoms with Crippen molar-refractivity contribution in [2.75, 3.05) is 6.54 Å². The number of nitriles is 1. The first-order valence-electron chi connectivity index (χ1n) is 7.57. The van der Waals surface area contributed by atoms with E-state index in [2.05, 4.69) is 6.07 Å². The summed E-state index contributed by atoms with van der Waals surface area (Å²) in [5.74, 6) is -0.0677. The van der Waals surface area contributed by atoms with Gasteiger partial charge >= 0.3 is 0 Å². The number of nitrogens with zero attached hydrogens (tertiary/aromatic N) is 2. The van der Waals surface area contributed by atoms with E-state index < -0.39 is 0 Å². The summed E-state index contributed by atoms with van der Waals surface area (Å²) in [5, 5.41) is 10.8. The fourth-order valence-corrected chi connectivity index (χ4v) is 3.76. The van der Waals surface area contributed by atoms with Crippen molar-refractivity contribution in [2.24, 2.45) is 0 Å². The summed E-state index contributed by atoms with van der Waals surface area (Å²) in [7, 11) is 0. The van der Waals surface area contributed by atoms with Crippen molar-refractivity contribution < 1.29 is 9.59 Å². The van der Waals surface area contributed by atoms with Crippen LogP contribution in [0.4, 0.5) is 0 Å². The van der Waals surface area contributed by atoms with Gasteiger partial charge in [0.2, 0.25) is 0 Å². The van der Waals surface area contributed by atoms with Crippen LogP contribution in [-0.2, 0) is 0 Å². The Labute approximate surface area is 139 Å². The Morgan fingerprint density at radius 3 is 2.78 bits per heavy atom. The Morgan fingerprint density at radius 2 is 2.04 bits per heavy atom. The van der Waals surface area contributed by atoms with Gasteiger partial charge in [-0.15, -0.1) is 11.3 Å². The van der Waals surface area contributed by atoms with E-state index in [1.54, 1.807) is 28.5 Å². The zero-order chi connectivity index (χ0) is 16.2. The van der Waals surface area contributed by atoms with Crippen molar-refractivity contribution in [3.05, 3.63) is 57.8 Å². The van der Waals surface area contributed by atoms with Crippen LogP contribution in [-0.4, -0.2) is 29.2 Å². The molecule has 1 atom stereocenters. The van der Waals surface area contributed by atoms with E-state index in [0.717, 1.165) is 12.8 Å². The first kappa shape index (κ1) is 15.4. The van der Waals surface area contributed by atoms with Crippen LogP contribution in [0.1, 0.15) is 44.9 Å². The van der Waals surface area contributed by atoms with E-state index in [1.165, 1.54) is 11.3 Å². The highest BCUT2D eigenvalue weighted by molar-refractivity contribution is 7.12. The number of ketones is 1. The number of hydrogen-bond acceptors (Lipinski definition) is 4. The molecule has 0 radical (unpaired) electrons. The maximum Gasteiger partial charge on any atom is 0.265 e. The molecule has 1 saturated heterocycles. The van der Waals surface area contributed by atoms with Crippen LogP contribution >= 0.6 is 11.3 Å². The summed E-state index contributed by atoms with van der Waals surface area (Å²) in [6.07, 6.45) is 2.06. The Hall–Kier alpha value is -2.45. The second-order valence-electron chi connectivity index (χ2n) is 5.56. The number of thiophene rings is 1. The highest BCUT2D eigenvalue weighted by Crippen LogP contribution is 2.27. The number of amides is 1. The lowest BCUT2D eigenvalue weighted by Crippen LogP contribution is -2.36. The molecule has 23 heavy (non-hydrogen) atoms. The third-order valence-electron chi connectivity index (χ3n) is 4.13. The van der Waals surface area contributed by atoms with Gasteiger partial charge in [0, 0.05) is 24.6 Å². The summed E-state index contributed by atoms with van der Waals surface area (Å²) in [6, 6.07) is 12.8. The van der Waals surface area contributed by atoms with E-state index in [4.69, 9.17) is 5.26 Å². The van der Waals surface area contributed by atoms with Crippen LogP contribution < -0.4 is 0 Å². The number of likely N-dealkylation sites (tertiary alicyclic amines) is 1. The third kappa shape index (κ3) is 3.17. The maximum atomic E-state index is 12.7. The van der Waals surface area contributed by atoms with Gasteiger partial charge < -0.3 is 4.90 Å². The fourth-order valence-electron chi connectivity index (χ4n) is 2.96. The summed E-state index contributed by atoms with van der Waals surface area (Å²) in [6.45, 7) is 0.647. The summed E-state index contributed by atoms with van der Waals surface area (Å²) >= 11 is 1.29. The second-order valence-corrected chi connectivity index (χ2v) is 6.48. The second kappa shape index (κ2) is 6.76. The van der Waals surface area contributed by atoms with Gasteiger partial charge in [0.05, 0.1) is 5.56 Å². The van der Waals surface area contributed by atoms with Gasteiger partial charge in [-0.25, -0.2) is 0 Å². The quantitative estimate of drug-likeness (QED) is 0.809. The van der Waals surface area contributed by atoms with Crippen molar-refractivity contribution in [3.8, 4) is 6.07 Å². The van der Waals surface area contributed by atoms with Gasteiger partial charge in [0.25, 0.3) is 5.91 Å². The number of rotatable bonds is 4. The minimum Gasteiger partial charge on any atom is -0.334 e. The molecule has 1 fully saturated rings. The molecule has 0 aliphatic carbocycles. The van der Waals surface area contributed by atoms with Gasteiger partial charge in [-0.1, -0.05) is 30.3 Å². The minimum atomic E-state index is -0.125. The molecule has 1 unspecified atom stereocenters. The fraction of sp³-hybridized carbons (Fsp3) is 0.278. The zero-order valence-corrected chi connectivity index (χ0v) is 13.4. The third-order valence-corrected chi connectivity index (χ3v) is 5.04. The minimum absolute atomic E-state index is 0.0574. The van der Waals surface area contributed by atoms with Crippen LogP contribution in [0.2, 0.25) is 0 Å². The van der Waals surface area contributed by atoms with Crippen LogP contribution in [0.3, 0.4) is 0 Å². The van der Waals surface area contributed by atoms with Gasteiger partial charge in [-0.3, -0.25) is 9.59 Å². The highest BCUT2D eigenvalue weighted by atomic mass is 32.1. The number of benzene rings is 1. The van der Waals surface area contributed by atoms with Gasteiger partial charge in [-0.2, -0.15) is 5.26 Å².